The number of amides is 3. The zero-order valence-corrected chi connectivity index (χ0v) is 32.4. The number of nitrogens with one attached hydrogen (secondary N) is 3. The van der Waals surface area contributed by atoms with E-state index in [2.05, 4.69) is 35.9 Å². The van der Waals surface area contributed by atoms with Gasteiger partial charge in [0.2, 0.25) is 17.8 Å². The molecule has 15 nitrogen and oxygen atoms in total. The predicted octanol–water partition coefficient (Wildman–Crippen LogP) is 6.26. The Morgan fingerprint density at radius 2 is 1.12 bits per heavy atom. The molecule has 4 heterocycles. The van der Waals surface area contributed by atoms with Gasteiger partial charge in [-0.05, 0) is 83.9 Å². The lowest BCUT2D eigenvalue weighted by molar-refractivity contribution is -0.114. The van der Waals surface area contributed by atoms with Gasteiger partial charge in [0.1, 0.15) is 23.1 Å². The Morgan fingerprint density at radius 3 is 1.61 bits per heavy atom. The molecule has 4 aromatic heterocycles. The van der Waals surface area contributed by atoms with E-state index in [1.807, 2.05) is 113 Å². The molecule has 59 heavy (non-hydrogen) atoms. The molecule has 0 spiro atoms. The fourth-order valence-electron chi connectivity index (χ4n) is 6.45. The predicted molar refractivity (Wildman–Crippen MR) is 225 cm³/mol. The second kappa shape index (κ2) is 17.8. The van der Waals surface area contributed by atoms with Crippen LogP contribution in [0.25, 0.3) is 33.4 Å². The lowest BCUT2D eigenvalue weighted by atomic mass is 10.1. The number of nitrogens with zero attached hydrogens (tertiary/aromatic N) is 6. The smallest absolute Gasteiger partial charge is 0.252 e. The zero-order valence-electron chi connectivity index (χ0n) is 32.4. The minimum absolute atomic E-state index is 0.145. The van der Waals surface area contributed by atoms with Crippen molar-refractivity contribution in [3.8, 4) is 23.1 Å². The molecular formula is C44H40N10O5. The number of nitrogens with two attached hydrogens (primary N) is 1. The number of benzene rings is 4. The Kier molecular flexibility index (Phi) is 11.8. The average molecular weight is 789 g/mol. The van der Waals surface area contributed by atoms with Gasteiger partial charge in [0.05, 0.1) is 25.3 Å². The number of ether oxygens (including phenoxy) is 2. The lowest BCUT2D eigenvalue weighted by Gasteiger charge is -2.09. The molecule has 0 fully saturated rings. The Balaban J connectivity index is 0.000000180. The van der Waals surface area contributed by atoms with E-state index in [1.54, 1.807) is 44.8 Å². The number of nitrogen functional groups attached to an aromatic ring is 1. The second-order valence-electron chi connectivity index (χ2n) is 13.1. The van der Waals surface area contributed by atoms with Crippen molar-refractivity contribution in [3.63, 3.8) is 0 Å². The van der Waals surface area contributed by atoms with Crippen LogP contribution < -0.4 is 31.2 Å². The Bertz CT molecular complexity index is 2800. The van der Waals surface area contributed by atoms with Gasteiger partial charge in [-0.25, -0.2) is 9.97 Å². The normalized spacial score (nSPS) is 10.7. The van der Waals surface area contributed by atoms with Gasteiger partial charge in [0.25, 0.3) is 11.8 Å². The van der Waals surface area contributed by atoms with Crippen molar-refractivity contribution in [3.05, 3.63) is 156 Å². The van der Waals surface area contributed by atoms with Crippen LogP contribution in [0.1, 0.15) is 38.8 Å². The summed E-state index contributed by atoms with van der Waals surface area (Å²) in [6.07, 6.45) is 6.88. The van der Waals surface area contributed by atoms with Crippen LogP contribution in [-0.2, 0) is 17.9 Å². The van der Waals surface area contributed by atoms with E-state index in [9.17, 15) is 14.4 Å². The SMILES string of the molecule is COc1cccc(CNC(=O)c2cccc3c2ccn3-c2ccnc(N)n2)c1.COc1cccc(CNC(=O)c2cccc3c2ccn3-c2ccnc(NC(C)=O)n2)c1. The first-order valence-electron chi connectivity index (χ1n) is 18.4. The van der Waals surface area contributed by atoms with Gasteiger partial charge in [-0.1, -0.05) is 36.4 Å². The molecule has 0 aliphatic heterocycles. The van der Waals surface area contributed by atoms with E-state index >= 15 is 0 Å². The van der Waals surface area contributed by atoms with Crippen molar-refractivity contribution in [2.24, 2.45) is 0 Å². The van der Waals surface area contributed by atoms with Gasteiger partial charge in [-0.3, -0.25) is 19.7 Å². The van der Waals surface area contributed by atoms with Gasteiger partial charge >= 0.3 is 0 Å². The summed E-state index contributed by atoms with van der Waals surface area (Å²) in [5.41, 5.74) is 10.5. The molecular weight excluding hydrogens is 749 g/mol. The molecule has 8 aromatic rings. The molecule has 15 heteroatoms. The maximum atomic E-state index is 12.9. The zero-order chi connectivity index (χ0) is 41.3. The summed E-state index contributed by atoms with van der Waals surface area (Å²) < 4.78 is 14.2. The first kappa shape index (κ1) is 39.2. The quantitative estimate of drug-likeness (QED) is 0.116. The van der Waals surface area contributed by atoms with E-state index in [-0.39, 0.29) is 29.6 Å². The van der Waals surface area contributed by atoms with Crippen molar-refractivity contribution in [2.75, 3.05) is 25.3 Å². The standard InChI is InChI=1S/C23H21N5O3.C21H19N5O2/c1-15(29)26-23-24-11-9-21(27-23)28-12-10-18-19(7-4-8-20(18)28)22(30)25-14-16-5-3-6-17(13-16)31-2;1-28-15-5-2-4-14(12-15)13-24-20(27)17-6-3-7-18-16(17)9-11-26(18)19-8-10-23-21(22)25-19/h3-13H,14H2,1-2H3,(H,25,30)(H,24,26,27,29);2-12H,13H2,1H3,(H,24,27)(H2,22,23,25). The van der Waals surface area contributed by atoms with Crippen LogP contribution in [0.3, 0.4) is 0 Å². The summed E-state index contributed by atoms with van der Waals surface area (Å²) in [6, 6.07) is 33.6. The summed E-state index contributed by atoms with van der Waals surface area (Å²) in [5.74, 6) is 2.60. The number of anilines is 2. The lowest BCUT2D eigenvalue weighted by Crippen LogP contribution is -2.23. The number of fused-ring (bicyclic) bond motifs is 2. The number of methoxy groups -OCH3 is 2. The largest absolute Gasteiger partial charge is 0.497 e. The highest BCUT2D eigenvalue weighted by atomic mass is 16.5. The summed E-state index contributed by atoms with van der Waals surface area (Å²) >= 11 is 0. The molecule has 0 saturated carbocycles. The molecule has 0 aliphatic rings. The summed E-state index contributed by atoms with van der Waals surface area (Å²) in [6.45, 7) is 2.20. The summed E-state index contributed by atoms with van der Waals surface area (Å²) in [7, 11) is 3.23. The number of carbonyl (C=O) groups excluding carboxylic acids is 3. The van der Waals surface area contributed by atoms with E-state index in [0.29, 0.717) is 35.9 Å². The molecule has 0 aliphatic carbocycles. The molecule has 5 N–H and O–H groups in total. The van der Waals surface area contributed by atoms with Gasteiger partial charge in [-0.15, -0.1) is 0 Å². The molecule has 296 valence electrons. The van der Waals surface area contributed by atoms with Crippen LogP contribution in [0.2, 0.25) is 0 Å². The third-order valence-electron chi connectivity index (χ3n) is 9.21. The number of aromatic nitrogens is 6. The molecule has 8 rings (SSSR count). The van der Waals surface area contributed by atoms with Crippen LogP contribution in [0.15, 0.2) is 134 Å². The summed E-state index contributed by atoms with van der Waals surface area (Å²) in [4.78, 5) is 53.6. The fraction of sp³-hybridized carbons (Fsp3) is 0.114. The number of hydrogen-bond donors (Lipinski definition) is 4. The average Bonchev–Trinajstić information content (AvgIpc) is 3.90. The monoisotopic (exact) mass is 788 g/mol. The van der Waals surface area contributed by atoms with Gasteiger partial charge in [0, 0.05) is 66.7 Å². The van der Waals surface area contributed by atoms with Gasteiger partial charge < -0.3 is 35.0 Å². The topological polar surface area (TPSA) is 193 Å². The highest BCUT2D eigenvalue weighted by Crippen LogP contribution is 2.25. The first-order valence-corrected chi connectivity index (χ1v) is 18.4. The highest BCUT2D eigenvalue weighted by Gasteiger charge is 2.16. The van der Waals surface area contributed by atoms with Crippen molar-refractivity contribution >= 4 is 51.4 Å². The maximum Gasteiger partial charge on any atom is 0.252 e. The second-order valence-corrected chi connectivity index (χ2v) is 13.1. The van der Waals surface area contributed by atoms with Crippen molar-refractivity contribution < 1.29 is 23.9 Å². The van der Waals surface area contributed by atoms with Gasteiger partial charge in [-0.2, -0.15) is 9.97 Å². The Hall–Kier alpha value is -8.07. The Morgan fingerprint density at radius 1 is 0.627 bits per heavy atom. The van der Waals surface area contributed by atoms with Crippen LogP contribution >= 0.6 is 0 Å². The minimum Gasteiger partial charge on any atom is -0.497 e. The molecule has 0 bridgehead atoms. The molecule has 0 unspecified atom stereocenters. The fourth-order valence-corrected chi connectivity index (χ4v) is 6.45. The maximum absolute atomic E-state index is 12.9. The first-order chi connectivity index (χ1) is 28.7. The van der Waals surface area contributed by atoms with Crippen LogP contribution in [0.4, 0.5) is 11.9 Å². The van der Waals surface area contributed by atoms with Crippen molar-refractivity contribution in [1.29, 1.82) is 0 Å². The number of carbonyl (C=O) groups is 3. The molecule has 4 aromatic carbocycles. The van der Waals surface area contributed by atoms with E-state index < -0.39 is 0 Å². The Labute approximate surface area is 338 Å². The van der Waals surface area contributed by atoms with E-state index in [0.717, 1.165) is 44.4 Å². The molecule has 0 radical (unpaired) electrons. The van der Waals surface area contributed by atoms with Crippen molar-refractivity contribution in [2.45, 2.75) is 20.0 Å². The number of hydrogen-bond acceptors (Lipinski definition) is 10. The van der Waals surface area contributed by atoms with Crippen molar-refractivity contribution in [1.82, 2.24) is 39.7 Å². The van der Waals surface area contributed by atoms with Crippen LogP contribution in [-0.4, -0.2) is 61.0 Å². The molecule has 0 saturated heterocycles. The van der Waals surface area contributed by atoms with E-state index in [1.165, 1.54) is 6.92 Å². The summed E-state index contributed by atoms with van der Waals surface area (Å²) in [5, 5.41) is 10.1. The third kappa shape index (κ3) is 9.16. The van der Waals surface area contributed by atoms with Gasteiger partial charge in [0.15, 0.2) is 0 Å². The molecule has 3 amide bonds. The van der Waals surface area contributed by atoms with Crippen LogP contribution in [0, 0.1) is 0 Å². The molecule has 0 atom stereocenters. The number of rotatable bonds is 11. The third-order valence-corrected chi connectivity index (χ3v) is 9.21. The highest BCUT2D eigenvalue weighted by molar-refractivity contribution is 6.07. The van der Waals surface area contributed by atoms with Crippen LogP contribution in [0.5, 0.6) is 11.5 Å². The minimum atomic E-state index is -0.246. The van der Waals surface area contributed by atoms with E-state index in [4.69, 9.17) is 15.2 Å².